The topological polar surface area (TPSA) is 39.2 Å². The third kappa shape index (κ3) is 2.96. The molecular weight excluding hydrogens is 447 g/mol. The number of aromatic nitrogens is 1. The zero-order chi connectivity index (χ0) is 23.7. The van der Waals surface area contributed by atoms with Gasteiger partial charge in [-0.3, -0.25) is 0 Å². The molecule has 5 aromatic carbocycles. The standard InChI is InChI=1S/C31H23N2OP/c1-31(2)23-11-5-7-13-27(23)33(28-18-21-10-4-3-9-20(21)17-24(28)31)22-15-16-30-26(19-22)32-25-12-6-8-14-29(25)35(30)34/h3-19H,1-2H3. The zero-order valence-electron chi connectivity index (χ0n) is 19.6. The van der Waals surface area contributed by atoms with Crippen molar-refractivity contribution in [3.05, 3.63) is 114 Å². The van der Waals surface area contributed by atoms with E-state index in [2.05, 4.69) is 91.5 Å². The van der Waals surface area contributed by atoms with Gasteiger partial charge in [0.2, 0.25) is 0 Å². The summed E-state index contributed by atoms with van der Waals surface area (Å²) in [6.45, 7) is 4.61. The number of benzene rings is 5. The van der Waals surface area contributed by atoms with Crippen molar-refractivity contribution >= 4 is 56.9 Å². The van der Waals surface area contributed by atoms with Crippen LogP contribution in [0.5, 0.6) is 0 Å². The summed E-state index contributed by atoms with van der Waals surface area (Å²) in [5, 5.41) is 4.07. The van der Waals surface area contributed by atoms with E-state index in [1.165, 1.54) is 33.3 Å². The van der Waals surface area contributed by atoms with E-state index in [1.807, 2.05) is 30.3 Å². The zero-order valence-corrected chi connectivity index (χ0v) is 20.5. The van der Waals surface area contributed by atoms with Crippen molar-refractivity contribution in [1.82, 2.24) is 4.98 Å². The van der Waals surface area contributed by atoms with E-state index in [0.717, 1.165) is 27.0 Å². The Morgan fingerprint density at radius 2 is 1.34 bits per heavy atom. The Kier molecular flexibility index (Phi) is 4.33. The third-order valence-electron chi connectivity index (χ3n) is 7.37. The average Bonchev–Trinajstić information content (AvgIpc) is 2.88. The van der Waals surface area contributed by atoms with E-state index < -0.39 is 7.76 Å². The van der Waals surface area contributed by atoms with Gasteiger partial charge in [0.25, 0.3) is 0 Å². The van der Waals surface area contributed by atoms with Crippen LogP contribution < -0.4 is 9.79 Å². The Morgan fingerprint density at radius 3 is 2.20 bits per heavy atom. The number of hydrogen-bond acceptors (Lipinski definition) is 3. The molecular formula is C31H23N2OP. The van der Waals surface area contributed by atoms with E-state index >= 15 is 0 Å². The smallest absolute Gasteiger partial charge is 0.171 e. The number of hydrogen-bond donors (Lipinski definition) is 0. The molecule has 0 radical (unpaired) electrons. The summed E-state index contributed by atoms with van der Waals surface area (Å²) in [6.07, 6.45) is 0. The third-order valence-corrected chi connectivity index (χ3v) is 9.01. The highest BCUT2D eigenvalue weighted by molar-refractivity contribution is 7.53. The first-order valence-electron chi connectivity index (χ1n) is 11.9. The van der Waals surface area contributed by atoms with Crippen molar-refractivity contribution < 1.29 is 4.89 Å². The minimum absolute atomic E-state index is 0.146. The molecule has 2 heterocycles. The molecule has 168 valence electrons. The first-order chi connectivity index (χ1) is 17.0. The number of para-hydroxylation sites is 2. The molecule has 0 saturated carbocycles. The van der Waals surface area contributed by atoms with Crippen LogP contribution in [-0.4, -0.2) is 4.98 Å². The molecule has 1 atom stereocenters. The van der Waals surface area contributed by atoms with Crippen LogP contribution in [0.15, 0.2) is 103 Å². The molecule has 0 bridgehead atoms. The van der Waals surface area contributed by atoms with Crippen LogP contribution in [0.3, 0.4) is 0 Å². The monoisotopic (exact) mass is 470 g/mol. The van der Waals surface area contributed by atoms with Gasteiger partial charge in [-0.15, -0.1) is 0 Å². The Labute approximate surface area is 205 Å². The summed E-state index contributed by atoms with van der Waals surface area (Å²) in [5.41, 5.74) is 7.38. The Morgan fingerprint density at radius 1 is 0.657 bits per heavy atom. The van der Waals surface area contributed by atoms with Gasteiger partial charge in [-0.2, -0.15) is 0 Å². The van der Waals surface area contributed by atoms with Gasteiger partial charge in [-0.25, -0.2) is 4.98 Å². The van der Waals surface area contributed by atoms with Crippen LogP contribution in [0.2, 0.25) is 0 Å². The number of anilines is 3. The second-order valence-corrected chi connectivity index (χ2v) is 11.3. The molecule has 1 aliphatic heterocycles. The first kappa shape index (κ1) is 20.6. The second kappa shape index (κ2) is 7.36. The molecule has 3 nitrogen and oxygen atoms in total. The summed E-state index contributed by atoms with van der Waals surface area (Å²) in [7, 11) is -1.66. The SMILES string of the molecule is CC1(C)c2ccccc2N(c2ccc3c(c2)nc2ccccc2[p+]3[O-])c2cc3ccccc3cc21. The van der Waals surface area contributed by atoms with Gasteiger partial charge < -0.3 is 9.79 Å². The highest BCUT2D eigenvalue weighted by Gasteiger charge is 2.37. The lowest BCUT2D eigenvalue weighted by molar-refractivity contribution is -0.148. The van der Waals surface area contributed by atoms with E-state index in [4.69, 9.17) is 4.98 Å². The predicted molar refractivity (Wildman–Crippen MR) is 146 cm³/mol. The molecule has 4 heteroatoms. The molecule has 1 aliphatic rings. The van der Waals surface area contributed by atoms with Gasteiger partial charge in [0.15, 0.2) is 10.2 Å². The molecule has 1 aromatic heterocycles. The molecule has 0 fully saturated rings. The first-order valence-corrected chi connectivity index (χ1v) is 13.1. The highest BCUT2D eigenvalue weighted by Crippen LogP contribution is 2.53. The molecule has 0 spiro atoms. The Bertz CT molecular complexity index is 1810. The molecule has 0 saturated heterocycles. The molecule has 0 amide bonds. The lowest BCUT2D eigenvalue weighted by atomic mass is 9.73. The lowest BCUT2D eigenvalue weighted by Crippen LogP contribution is -2.30. The number of rotatable bonds is 1. The molecule has 6 aromatic rings. The normalized spacial score (nSPS) is 14.8. The summed E-state index contributed by atoms with van der Waals surface area (Å²) in [5.74, 6) is 0. The van der Waals surface area contributed by atoms with Gasteiger partial charge in [0.1, 0.15) is 18.8 Å². The van der Waals surface area contributed by atoms with Crippen molar-refractivity contribution in [1.29, 1.82) is 0 Å². The predicted octanol–water partition coefficient (Wildman–Crippen LogP) is 8.04. The summed E-state index contributed by atoms with van der Waals surface area (Å²) >= 11 is 0. The fourth-order valence-corrected chi connectivity index (χ4v) is 6.91. The Balaban J connectivity index is 1.54. The minimum atomic E-state index is -1.66. The fraction of sp³-hybridized carbons (Fsp3) is 0.0968. The van der Waals surface area contributed by atoms with Crippen molar-refractivity contribution in [3.63, 3.8) is 0 Å². The Hall–Kier alpha value is -3.78. The molecule has 0 N–H and O–H groups in total. The molecule has 7 rings (SSSR count). The van der Waals surface area contributed by atoms with Crippen LogP contribution in [-0.2, 0) is 5.41 Å². The maximum absolute atomic E-state index is 13.3. The van der Waals surface area contributed by atoms with E-state index in [1.54, 1.807) is 0 Å². The van der Waals surface area contributed by atoms with Crippen LogP contribution in [0.25, 0.3) is 32.0 Å². The number of nitrogens with zero attached hydrogens (tertiary/aromatic N) is 2. The molecule has 1 unspecified atom stereocenters. The van der Waals surface area contributed by atoms with Crippen LogP contribution in [0.1, 0.15) is 25.0 Å². The van der Waals surface area contributed by atoms with Crippen LogP contribution >= 0.6 is 7.76 Å². The fourth-order valence-electron chi connectivity index (χ4n) is 5.57. The molecule has 35 heavy (non-hydrogen) atoms. The van der Waals surface area contributed by atoms with Crippen molar-refractivity contribution in [2.45, 2.75) is 19.3 Å². The van der Waals surface area contributed by atoms with Gasteiger partial charge in [0, 0.05) is 11.1 Å². The quantitative estimate of drug-likeness (QED) is 0.228. The summed E-state index contributed by atoms with van der Waals surface area (Å²) in [6, 6.07) is 35.7. The van der Waals surface area contributed by atoms with E-state index in [9.17, 15) is 4.89 Å². The van der Waals surface area contributed by atoms with Gasteiger partial charge in [0.05, 0.1) is 11.4 Å². The maximum atomic E-state index is 13.3. The van der Waals surface area contributed by atoms with Crippen molar-refractivity contribution in [3.8, 4) is 0 Å². The number of fused-ring (bicyclic) bond motifs is 5. The van der Waals surface area contributed by atoms with Crippen LogP contribution in [0.4, 0.5) is 17.1 Å². The largest absolute Gasteiger partial charge is 0.625 e. The van der Waals surface area contributed by atoms with Crippen LogP contribution in [0, 0.1) is 0 Å². The van der Waals surface area contributed by atoms with E-state index in [-0.39, 0.29) is 5.41 Å². The average molecular weight is 471 g/mol. The second-order valence-electron chi connectivity index (χ2n) is 9.76. The van der Waals surface area contributed by atoms with Gasteiger partial charge >= 0.3 is 0 Å². The minimum Gasteiger partial charge on any atom is -0.625 e. The van der Waals surface area contributed by atoms with E-state index in [0.29, 0.717) is 0 Å². The highest BCUT2D eigenvalue weighted by atomic mass is 31.1. The van der Waals surface area contributed by atoms with Crippen molar-refractivity contribution in [2.24, 2.45) is 0 Å². The van der Waals surface area contributed by atoms with Gasteiger partial charge in [-0.1, -0.05) is 68.4 Å². The lowest BCUT2D eigenvalue weighted by Gasteiger charge is -2.42. The molecule has 0 aliphatic carbocycles. The summed E-state index contributed by atoms with van der Waals surface area (Å²) in [4.78, 5) is 20.5. The van der Waals surface area contributed by atoms with Gasteiger partial charge in [-0.05, 0) is 70.4 Å². The van der Waals surface area contributed by atoms with Crippen molar-refractivity contribution in [2.75, 3.05) is 4.90 Å². The maximum Gasteiger partial charge on any atom is 0.171 e. The summed E-state index contributed by atoms with van der Waals surface area (Å²) < 4.78 is 0.